The van der Waals surface area contributed by atoms with E-state index in [0.29, 0.717) is 19.6 Å². The predicted octanol–water partition coefficient (Wildman–Crippen LogP) is 2.17. The Hall–Kier alpha value is -1.24. The van der Waals surface area contributed by atoms with E-state index in [4.69, 9.17) is 0 Å². The van der Waals surface area contributed by atoms with Gasteiger partial charge in [0.05, 0.1) is 0 Å². The fourth-order valence-electron chi connectivity index (χ4n) is 1.88. The van der Waals surface area contributed by atoms with Crippen LogP contribution < -0.4 is 5.32 Å². The summed E-state index contributed by atoms with van der Waals surface area (Å²) in [5.74, 6) is 0. The second-order valence-corrected chi connectivity index (χ2v) is 6.95. The maximum absolute atomic E-state index is 12.5. The van der Waals surface area contributed by atoms with E-state index in [-0.39, 0.29) is 5.03 Å². The molecular formula is C15H25N3O2S. The molecule has 1 rings (SSSR count). The summed E-state index contributed by atoms with van der Waals surface area (Å²) in [5.41, 5.74) is 1.78. The first-order chi connectivity index (χ1) is 9.91. The number of nitrogens with one attached hydrogen (secondary N) is 1. The van der Waals surface area contributed by atoms with Gasteiger partial charge >= 0.3 is 0 Å². The molecule has 0 amide bonds. The normalized spacial score (nSPS) is 11.8. The minimum Gasteiger partial charge on any atom is -0.313 e. The predicted molar refractivity (Wildman–Crippen MR) is 85.5 cm³/mol. The van der Waals surface area contributed by atoms with Gasteiger partial charge < -0.3 is 5.32 Å². The minimum absolute atomic E-state index is 0.0878. The van der Waals surface area contributed by atoms with Gasteiger partial charge in [-0.3, -0.25) is 0 Å². The van der Waals surface area contributed by atoms with E-state index >= 15 is 0 Å². The van der Waals surface area contributed by atoms with Crippen LogP contribution in [0.2, 0.25) is 0 Å². The summed E-state index contributed by atoms with van der Waals surface area (Å²) in [6, 6.07) is 3.37. The number of rotatable bonds is 9. The smallest absolute Gasteiger partial charge is 0.260 e. The molecule has 0 atom stereocenters. The summed E-state index contributed by atoms with van der Waals surface area (Å²) in [4.78, 5) is 4.11. The third kappa shape index (κ3) is 5.22. The lowest BCUT2D eigenvalue weighted by molar-refractivity contribution is 0.450. The van der Waals surface area contributed by atoms with E-state index in [1.165, 1.54) is 4.31 Å². The van der Waals surface area contributed by atoms with Crippen LogP contribution in [0.4, 0.5) is 0 Å². The number of hydrogen-bond donors (Lipinski definition) is 1. The molecule has 0 saturated carbocycles. The van der Waals surface area contributed by atoms with Crippen molar-refractivity contribution in [2.75, 3.05) is 19.6 Å². The van der Waals surface area contributed by atoms with Crippen molar-refractivity contribution in [2.45, 2.75) is 38.8 Å². The fourth-order valence-corrected chi connectivity index (χ4v) is 3.30. The summed E-state index contributed by atoms with van der Waals surface area (Å²) in [7, 11) is -3.55. The Kier molecular flexibility index (Phi) is 7.01. The molecule has 0 unspecified atom stereocenters. The van der Waals surface area contributed by atoms with Crippen LogP contribution in [0.15, 0.2) is 35.5 Å². The quantitative estimate of drug-likeness (QED) is 0.561. The summed E-state index contributed by atoms with van der Waals surface area (Å²) in [5, 5.41) is 3.35. The molecule has 0 fully saturated rings. The molecule has 1 aromatic heterocycles. The van der Waals surface area contributed by atoms with Crippen molar-refractivity contribution in [3.05, 3.63) is 36.0 Å². The molecule has 0 spiro atoms. The van der Waals surface area contributed by atoms with E-state index < -0.39 is 10.0 Å². The largest absolute Gasteiger partial charge is 0.313 e. The van der Waals surface area contributed by atoms with Crippen molar-refractivity contribution >= 4 is 10.0 Å². The molecule has 21 heavy (non-hydrogen) atoms. The monoisotopic (exact) mass is 311 g/mol. The maximum Gasteiger partial charge on any atom is 0.260 e. The molecule has 5 nitrogen and oxygen atoms in total. The Morgan fingerprint density at radius 1 is 1.38 bits per heavy atom. The molecule has 0 bridgehead atoms. The van der Waals surface area contributed by atoms with Gasteiger partial charge in [0.1, 0.15) is 0 Å². The van der Waals surface area contributed by atoms with Crippen LogP contribution in [0.1, 0.15) is 32.8 Å². The molecule has 6 heteroatoms. The van der Waals surface area contributed by atoms with Crippen molar-refractivity contribution in [3.63, 3.8) is 0 Å². The lowest BCUT2D eigenvalue weighted by atomic mass is 10.3. The van der Waals surface area contributed by atoms with Gasteiger partial charge in [-0.1, -0.05) is 32.1 Å². The van der Waals surface area contributed by atoms with Crippen LogP contribution >= 0.6 is 0 Å². The summed E-state index contributed by atoms with van der Waals surface area (Å²) >= 11 is 0. The lowest BCUT2D eigenvalue weighted by Crippen LogP contribution is -2.32. The average molecular weight is 311 g/mol. The molecule has 0 aliphatic rings. The van der Waals surface area contributed by atoms with Crippen molar-refractivity contribution < 1.29 is 8.42 Å². The SMILES string of the molecule is C=C(C)CN(CC)S(=O)(=O)c1ccc(CNCCC)cn1. The zero-order chi connectivity index (χ0) is 15.9. The zero-order valence-corrected chi connectivity index (χ0v) is 13.9. The minimum atomic E-state index is -3.55. The number of hydrogen-bond acceptors (Lipinski definition) is 4. The van der Waals surface area contributed by atoms with Crippen LogP contribution in [0.5, 0.6) is 0 Å². The van der Waals surface area contributed by atoms with Crippen molar-refractivity contribution in [2.24, 2.45) is 0 Å². The van der Waals surface area contributed by atoms with Crippen LogP contribution in [-0.4, -0.2) is 37.3 Å². The highest BCUT2D eigenvalue weighted by molar-refractivity contribution is 7.89. The maximum atomic E-state index is 12.5. The molecule has 0 aliphatic carbocycles. The highest BCUT2D eigenvalue weighted by Crippen LogP contribution is 2.14. The molecule has 0 aliphatic heterocycles. The molecule has 1 aromatic rings. The van der Waals surface area contributed by atoms with Crippen molar-refractivity contribution in [1.29, 1.82) is 0 Å². The third-order valence-corrected chi connectivity index (χ3v) is 4.79. The number of nitrogens with zero attached hydrogens (tertiary/aromatic N) is 2. The first-order valence-electron chi connectivity index (χ1n) is 7.22. The van der Waals surface area contributed by atoms with Gasteiger partial charge in [0.2, 0.25) is 0 Å². The molecule has 118 valence electrons. The number of likely N-dealkylation sites (N-methyl/N-ethyl adjacent to an activating group) is 1. The van der Waals surface area contributed by atoms with E-state index in [2.05, 4.69) is 23.8 Å². The Labute approximate surface area is 128 Å². The van der Waals surface area contributed by atoms with Gasteiger partial charge in [0.25, 0.3) is 10.0 Å². The molecule has 1 heterocycles. The van der Waals surface area contributed by atoms with E-state index in [9.17, 15) is 8.42 Å². The van der Waals surface area contributed by atoms with E-state index in [1.807, 2.05) is 13.8 Å². The van der Waals surface area contributed by atoms with E-state index in [0.717, 1.165) is 24.1 Å². The van der Waals surface area contributed by atoms with Crippen LogP contribution in [0, 0.1) is 0 Å². The highest BCUT2D eigenvalue weighted by Gasteiger charge is 2.24. The van der Waals surface area contributed by atoms with Gasteiger partial charge in [-0.05, 0) is 31.5 Å². The Balaban J connectivity index is 2.85. The Bertz CT molecular complexity index is 553. The van der Waals surface area contributed by atoms with Crippen LogP contribution in [0.3, 0.4) is 0 Å². The molecule has 0 radical (unpaired) electrons. The average Bonchev–Trinajstić information content (AvgIpc) is 2.45. The van der Waals surface area contributed by atoms with E-state index in [1.54, 1.807) is 18.3 Å². The van der Waals surface area contributed by atoms with Crippen molar-refractivity contribution in [1.82, 2.24) is 14.6 Å². The summed E-state index contributed by atoms with van der Waals surface area (Å²) in [6.07, 6.45) is 2.68. The summed E-state index contributed by atoms with van der Waals surface area (Å²) < 4.78 is 26.3. The third-order valence-electron chi connectivity index (χ3n) is 2.96. The second-order valence-electron chi connectivity index (χ2n) is 5.07. The number of sulfonamides is 1. The Morgan fingerprint density at radius 2 is 2.10 bits per heavy atom. The van der Waals surface area contributed by atoms with Gasteiger partial charge in [-0.25, -0.2) is 13.4 Å². The van der Waals surface area contributed by atoms with Crippen LogP contribution in [0.25, 0.3) is 0 Å². The zero-order valence-electron chi connectivity index (χ0n) is 13.1. The second kappa shape index (κ2) is 8.26. The molecular weight excluding hydrogens is 286 g/mol. The number of pyridine rings is 1. The standard InChI is InChI=1S/C15H25N3O2S/c1-5-9-16-10-14-7-8-15(17-11-14)21(19,20)18(6-2)12-13(3)4/h7-8,11,16H,3,5-6,9-10,12H2,1-2,4H3. The molecule has 0 aromatic carbocycles. The van der Waals surface area contributed by atoms with Gasteiger partial charge in [0.15, 0.2) is 5.03 Å². The highest BCUT2D eigenvalue weighted by atomic mass is 32.2. The molecule has 1 N–H and O–H groups in total. The van der Waals surface area contributed by atoms with Crippen LogP contribution in [-0.2, 0) is 16.6 Å². The Morgan fingerprint density at radius 3 is 2.57 bits per heavy atom. The topological polar surface area (TPSA) is 62.3 Å². The molecule has 0 saturated heterocycles. The van der Waals surface area contributed by atoms with Gasteiger partial charge in [-0.15, -0.1) is 0 Å². The fraction of sp³-hybridized carbons (Fsp3) is 0.533. The number of aromatic nitrogens is 1. The lowest BCUT2D eigenvalue weighted by Gasteiger charge is -2.20. The van der Waals surface area contributed by atoms with Gasteiger partial charge in [-0.2, -0.15) is 4.31 Å². The summed E-state index contributed by atoms with van der Waals surface area (Å²) in [6.45, 7) is 11.8. The first-order valence-corrected chi connectivity index (χ1v) is 8.66. The first kappa shape index (κ1) is 17.8. The van der Waals surface area contributed by atoms with Gasteiger partial charge in [0, 0.05) is 25.8 Å². The van der Waals surface area contributed by atoms with Crippen molar-refractivity contribution in [3.8, 4) is 0 Å².